The Kier molecular flexibility index (Phi) is 5.20. The maximum atomic E-state index is 5.42. The molecule has 0 atom stereocenters. The second kappa shape index (κ2) is 8.10. The average Bonchev–Trinajstić information content (AvgIpc) is 3.20. The van der Waals surface area contributed by atoms with Gasteiger partial charge in [0.05, 0.1) is 33.2 Å². The molecule has 2 aromatic heterocycles. The molecule has 1 N–H and O–H groups in total. The second-order valence-corrected chi connectivity index (χ2v) is 6.40. The molecule has 0 fully saturated rings. The van der Waals surface area contributed by atoms with E-state index in [0.29, 0.717) is 18.0 Å². The summed E-state index contributed by atoms with van der Waals surface area (Å²) in [5, 5.41) is 8.06. The number of hydrogen-bond donors (Lipinski definition) is 1. The van der Waals surface area contributed by atoms with E-state index in [2.05, 4.69) is 10.3 Å². The third-order valence-electron chi connectivity index (χ3n) is 4.67. The van der Waals surface area contributed by atoms with Gasteiger partial charge in [0.2, 0.25) is 0 Å². The first-order chi connectivity index (χ1) is 14.2. The van der Waals surface area contributed by atoms with Crippen molar-refractivity contribution in [2.24, 2.45) is 0 Å². The van der Waals surface area contributed by atoms with Crippen LogP contribution < -0.4 is 19.5 Å². The molecule has 2 aromatic carbocycles. The minimum Gasteiger partial charge on any atom is -0.497 e. The third-order valence-corrected chi connectivity index (χ3v) is 4.67. The largest absolute Gasteiger partial charge is 0.497 e. The smallest absolute Gasteiger partial charge is 0.161 e. The van der Waals surface area contributed by atoms with Gasteiger partial charge in [-0.2, -0.15) is 0 Å². The van der Waals surface area contributed by atoms with E-state index in [0.717, 1.165) is 34.0 Å². The lowest BCUT2D eigenvalue weighted by Crippen LogP contribution is -2.04. The van der Waals surface area contributed by atoms with Crippen molar-refractivity contribution in [3.8, 4) is 28.5 Å². The van der Waals surface area contributed by atoms with Crippen molar-refractivity contribution in [2.75, 3.05) is 26.6 Å². The predicted octanol–water partition coefficient (Wildman–Crippen LogP) is 4.03. The van der Waals surface area contributed by atoms with E-state index in [4.69, 9.17) is 19.3 Å². The number of rotatable bonds is 7. The molecule has 0 aliphatic rings. The Balaban J connectivity index is 1.60. The maximum Gasteiger partial charge on any atom is 0.161 e. The van der Waals surface area contributed by atoms with Crippen LogP contribution in [0.2, 0.25) is 0 Å². The lowest BCUT2D eigenvalue weighted by atomic mass is 10.1. The standard InChI is InChI=1S/C22H22N4O3/c1-27-17-7-4-15(5-8-17)13-23-21-10-11-22-24-14-18(26(22)25-21)16-6-9-19(28-2)20(12-16)29-3/h4-12,14H,13H2,1-3H3,(H,23,25). The van der Waals surface area contributed by atoms with E-state index in [-0.39, 0.29) is 0 Å². The summed E-state index contributed by atoms with van der Waals surface area (Å²) in [6, 6.07) is 17.5. The average molecular weight is 390 g/mol. The van der Waals surface area contributed by atoms with Crippen LogP contribution in [0.4, 0.5) is 5.82 Å². The number of anilines is 1. The Bertz CT molecular complexity index is 1120. The molecule has 29 heavy (non-hydrogen) atoms. The molecule has 0 radical (unpaired) electrons. The number of hydrogen-bond acceptors (Lipinski definition) is 6. The van der Waals surface area contributed by atoms with Crippen LogP contribution in [0, 0.1) is 0 Å². The molecule has 2 heterocycles. The number of benzene rings is 2. The molecular formula is C22H22N4O3. The predicted molar refractivity (Wildman–Crippen MR) is 112 cm³/mol. The molecule has 4 rings (SSSR count). The summed E-state index contributed by atoms with van der Waals surface area (Å²) in [6.45, 7) is 0.656. The first kappa shape index (κ1) is 18.6. The number of methoxy groups -OCH3 is 3. The van der Waals surface area contributed by atoms with E-state index in [1.165, 1.54) is 0 Å². The van der Waals surface area contributed by atoms with Gasteiger partial charge in [0.1, 0.15) is 11.6 Å². The minimum absolute atomic E-state index is 0.656. The van der Waals surface area contributed by atoms with Crippen molar-refractivity contribution in [1.29, 1.82) is 0 Å². The number of nitrogens with zero attached hydrogens (tertiary/aromatic N) is 3. The number of nitrogens with one attached hydrogen (secondary N) is 1. The summed E-state index contributed by atoms with van der Waals surface area (Å²) in [6.07, 6.45) is 1.80. The number of ether oxygens (including phenoxy) is 3. The highest BCUT2D eigenvalue weighted by Gasteiger charge is 2.11. The number of fused-ring (bicyclic) bond motifs is 1. The van der Waals surface area contributed by atoms with Gasteiger partial charge in [0, 0.05) is 12.1 Å². The topological polar surface area (TPSA) is 69.9 Å². The molecule has 4 aromatic rings. The van der Waals surface area contributed by atoms with Crippen LogP contribution >= 0.6 is 0 Å². The Hall–Kier alpha value is -3.74. The first-order valence-corrected chi connectivity index (χ1v) is 9.16. The van der Waals surface area contributed by atoms with Crippen LogP contribution in [0.5, 0.6) is 17.2 Å². The van der Waals surface area contributed by atoms with Crippen LogP contribution in [0.15, 0.2) is 60.8 Å². The highest BCUT2D eigenvalue weighted by atomic mass is 16.5. The Morgan fingerprint density at radius 2 is 1.66 bits per heavy atom. The monoisotopic (exact) mass is 390 g/mol. The third kappa shape index (κ3) is 3.80. The van der Waals surface area contributed by atoms with Crippen molar-refractivity contribution < 1.29 is 14.2 Å². The van der Waals surface area contributed by atoms with E-state index in [1.54, 1.807) is 27.5 Å². The number of aromatic nitrogens is 3. The normalized spacial score (nSPS) is 10.7. The molecule has 7 heteroatoms. The van der Waals surface area contributed by atoms with E-state index in [1.807, 2.05) is 59.1 Å². The van der Waals surface area contributed by atoms with Gasteiger partial charge in [-0.25, -0.2) is 9.50 Å². The summed E-state index contributed by atoms with van der Waals surface area (Å²) in [5.74, 6) is 2.94. The molecule has 0 saturated heterocycles. The number of imidazole rings is 1. The zero-order chi connectivity index (χ0) is 20.2. The minimum atomic E-state index is 0.656. The molecule has 148 valence electrons. The molecule has 0 saturated carbocycles. The van der Waals surface area contributed by atoms with E-state index in [9.17, 15) is 0 Å². The Morgan fingerprint density at radius 3 is 2.38 bits per heavy atom. The molecule has 0 bridgehead atoms. The molecule has 0 amide bonds. The Labute approximate surface area is 168 Å². The van der Waals surface area contributed by atoms with E-state index >= 15 is 0 Å². The van der Waals surface area contributed by atoms with Crippen molar-refractivity contribution >= 4 is 11.5 Å². The Morgan fingerprint density at radius 1 is 0.862 bits per heavy atom. The van der Waals surface area contributed by atoms with Gasteiger partial charge in [-0.05, 0) is 48.0 Å². The lowest BCUT2D eigenvalue weighted by Gasteiger charge is -2.10. The maximum absolute atomic E-state index is 5.42. The highest BCUT2D eigenvalue weighted by Crippen LogP contribution is 2.32. The zero-order valence-electron chi connectivity index (χ0n) is 16.5. The van der Waals surface area contributed by atoms with Crippen LogP contribution in [-0.2, 0) is 6.54 Å². The molecular weight excluding hydrogens is 368 g/mol. The SMILES string of the molecule is COc1ccc(CNc2ccc3ncc(-c4ccc(OC)c(OC)c4)n3n2)cc1. The summed E-state index contributed by atoms with van der Waals surface area (Å²) in [5.41, 5.74) is 3.72. The van der Waals surface area contributed by atoms with Crippen LogP contribution in [-0.4, -0.2) is 35.9 Å². The fraction of sp³-hybridized carbons (Fsp3) is 0.182. The van der Waals surface area contributed by atoms with Gasteiger partial charge in [0.25, 0.3) is 0 Å². The van der Waals surface area contributed by atoms with Crippen molar-refractivity contribution in [2.45, 2.75) is 6.54 Å². The quantitative estimate of drug-likeness (QED) is 0.514. The van der Waals surface area contributed by atoms with Crippen LogP contribution in [0.1, 0.15) is 5.56 Å². The van der Waals surface area contributed by atoms with Crippen LogP contribution in [0.25, 0.3) is 16.9 Å². The molecule has 7 nitrogen and oxygen atoms in total. The van der Waals surface area contributed by atoms with Crippen molar-refractivity contribution in [1.82, 2.24) is 14.6 Å². The van der Waals surface area contributed by atoms with Gasteiger partial charge in [0.15, 0.2) is 17.1 Å². The van der Waals surface area contributed by atoms with Gasteiger partial charge in [-0.3, -0.25) is 0 Å². The van der Waals surface area contributed by atoms with Crippen molar-refractivity contribution in [3.05, 3.63) is 66.4 Å². The summed E-state index contributed by atoms with van der Waals surface area (Å²) in [7, 11) is 4.90. The zero-order valence-corrected chi connectivity index (χ0v) is 16.5. The summed E-state index contributed by atoms with van der Waals surface area (Å²) >= 11 is 0. The van der Waals surface area contributed by atoms with Gasteiger partial charge < -0.3 is 19.5 Å². The van der Waals surface area contributed by atoms with Crippen LogP contribution in [0.3, 0.4) is 0 Å². The molecule has 0 unspecified atom stereocenters. The van der Waals surface area contributed by atoms with Gasteiger partial charge >= 0.3 is 0 Å². The first-order valence-electron chi connectivity index (χ1n) is 9.16. The van der Waals surface area contributed by atoms with Gasteiger partial charge in [-0.15, -0.1) is 5.10 Å². The van der Waals surface area contributed by atoms with Crippen molar-refractivity contribution in [3.63, 3.8) is 0 Å². The van der Waals surface area contributed by atoms with Gasteiger partial charge in [-0.1, -0.05) is 12.1 Å². The molecule has 0 spiro atoms. The lowest BCUT2D eigenvalue weighted by molar-refractivity contribution is 0.355. The highest BCUT2D eigenvalue weighted by molar-refractivity contribution is 5.67. The summed E-state index contributed by atoms with van der Waals surface area (Å²) < 4.78 is 17.8. The van der Waals surface area contributed by atoms with E-state index < -0.39 is 0 Å². The second-order valence-electron chi connectivity index (χ2n) is 6.40. The fourth-order valence-electron chi connectivity index (χ4n) is 3.10. The molecule has 0 aliphatic carbocycles. The molecule has 0 aliphatic heterocycles. The summed E-state index contributed by atoms with van der Waals surface area (Å²) in [4.78, 5) is 4.46. The fourth-order valence-corrected chi connectivity index (χ4v) is 3.10.